The molecule has 1 N–H and O–H groups in total. The Kier molecular flexibility index (Phi) is 4.50. The van der Waals surface area contributed by atoms with Crippen LogP contribution in [0.2, 0.25) is 0 Å². The van der Waals surface area contributed by atoms with Crippen LogP contribution < -0.4 is 0 Å². The van der Waals surface area contributed by atoms with Gasteiger partial charge >= 0.3 is 5.97 Å². The first kappa shape index (κ1) is 14.0. The molecular weight excluding hydrogens is 246 g/mol. The van der Waals surface area contributed by atoms with Gasteiger partial charge in [-0.2, -0.15) is 0 Å². The Labute approximate surface area is 101 Å². The van der Waals surface area contributed by atoms with Crippen molar-refractivity contribution in [1.82, 2.24) is 4.90 Å². The molecule has 1 saturated heterocycles. The molecule has 1 amide bonds. The fourth-order valence-corrected chi connectivity index (χ4v) is 2.62. The average molecular weight is 263 g/mol. The van der Waals surface area contributed by atoms with Gasteiger partial charge in [0.1, 0.15) is 15.9 Å². The van der Waals surface area contributed by atoms with Gasteiger partial charge in [-0.15, -0.1) is 0 Å². The molecule has 6 nitrogen and oxygen atoms in total. The lowest BCUT2D eigenvalue weighted by Gasteiger charge is -2.21. The lowest BCUT2D eigenvalue weighted by molar-refractivity contribution is -0.148. The molecule has 1 aliphatic rings. The van der Waals surface area contributed by atoms with Crippen molar-refractivity contribution < 1.29 is 23.1 Å². The first-order chi connectivity index (χ1) is 7.81. The molecule has 1 rings (SSSR count). The molecular formula is C10H17NO5S. The van der Waals surface area contributed by atoms with Crippen molar-refractivity contribution in [2.45, 2.75) is 31.7 Å². The van der Waals surface area contributed by atoms with Crippen LogP contribution in [-0.4, -0.2) is 54.9 Å². The van der Waals surface area contributed by atoms with Crippen molar-refractivity contribution in [2.75, 3.05) is 18.6 Å². The predicted octanol–water partition coefficient (Wildman–Crippen LogP) is -0.113. The Hall–Kier alpha value is -1.11. The molecule has 0 radical (unpaired) electrons. The molecule has 0 spiro atoms. The number of carbonyl (C=O) groups excluding carboxylic acids is 1. The molecule has 0 aromatic carbocycles. The van der Waals surface area contributed by atoms with E-state index in [1.54, 1.807) is 0 Å². The first-order valence-electron chi connectivity index (χ1n) is 5.51. The minimum atomic E-state index is -3.06. The standard InChI is InChI=1S/C10H17NO5S/c1-17(15,16)7-3-5-9(12)11-6-2-4-8(11)10(13)14/h8H,2-7H2,1H3,(H,13,14)/t8-/m0/s1. The van der Waals surface area contributed by atoms with Crippen molar-refractivity contribution in [3.05, 3.63) is 0 Å². The maximum atomic E-state index is 11.7. The van der Waals surface area contributed by atoms with Crippen molar-refractivity contribution in [3.8, 4) is 0 Å². The van der Waals surface area contributed by atoms with Gasteiger partial charge in [-0.1, -0.05) is 0 Å². The van der Waals surface area contributed by atoms with Gasteiger partial charge in [0.25, 0.3) is 0 Å². The summed E-state index contributed by atoms with van der Waals surface area (Å²) in [5, 5.41) is 8.90. The number of amides is 1. The van der Waals surface area contributed by atoms with Crippen LogP contribution in [0.5, 0.6) is 0 Å². The van der Waals surface area contributed by atoms with E-state index in [-0.39, 0.29) is 24.5 Å². The maximum Gasteiger partial charge on any atom is 0.326 e. The Morgan fingerprint density at radius 2 is 2.06 bits per heavy atom. The summed E-state index contributed by atoms with van der Waals surface area (Å²) < 4.78 is 21.8. The highest BCUT2D eigenvalue weighted by Crippen LogP contribution is 2.18. The molecule has 1 heterocycles. The second-order valence-corrected chi connectivity index (χ2v) is 6.58. The average Bonchev–Trinajstić information content (AvgIpc) is 2.63. The van der Waals surface area contributed by atoms with Gasteiger partial charge in [-0.25, -0.2) is 13.2 Å². The van der Waals surface area contributed by atoms with E-state index in [9.17, 15) is 18.0 Å². The Bertz CT molecular complexity index is 403. The van der Waals surface area contributed by atoms with E-state index in [0.717, 1.165) is 6.26 Å². The van der Waals surface area contributed by atoms with Crippen LogP contribution in [0.4, 0.5) is 0 Å². The summed E-state index contributed by atoms with van der Waals surface area (Å²) in [7, 11) is -3.06. The SMILES string of the molecule is CS(=O)(=O)CCCC(=O)N1CCC[C@H]1C(=O)O. The number of carboxylic acids is 1. The fourth-order valence-electron chi connectivity index (χ4n) is 1.95. The number of aliphatic carboxylic acids is 1. The molecule has 0 aromatic rings. The number of rotatable bonds is 5. The zero-order valence-electron chi connectivity index (χ0n) is 9.76. The third-order valence-corrected chi connectivity index (χ3v) is 3.79. The quantitative estimate of drug-likeness (QED) is 0.747. The van der Waals surface area contributed by atoms with E-state index >= 15 is 0 Å². The fraction of sp³-hybridized carbons (Fsp3) is 0.800. The molecule has 17 heavy (non-hydrogen) atoms. The van der Waals surface area contributed by atoms with E-state index in [4.69, 9.17) is 5.11 Å². The van der Waals surface area contributed by atoms with Gasteiger partial charge in [0, 0.05) is 19.2 Å². The molecule has 1 aliphatic heterocycles. The maximum absolute atomic E-state index is 11.7. The van der Waals surface area contributed by atoms with Crippen LogP contribution in [0.15, 0.2) is 0 Å². The van der Waals surface area contributed by atoms with Gasteiger partial charge in [-0.3, -0.25) is 4.79 Å². The van der Waals surface area contributed by atoms with Crippen LogP contribution in [0, 0.1) is 0 Å². The number of likely N-dealkylation sites (tertiary alicyclic amines) is 1. The Morgan fingerprint density at radius 1 is 1.41 bits per heavy atom. The number of carbonyl (C=O) groups is 2. The van der Waals surface area contributed by atoms with Gasteiger partial charge < -0.3 is 10.0 Å². The van der Waals surface area contributed by atoms with Crippen LogP contribution in [0.3, 0.4) is 0 Å². The molecule has 98 valence electrons. The molecule has 0 bridgehead atoms. The minimum absolute atomic E-state index is 0.0374. The molecule has 0 aromatic heterocycles. The van der Waals surface area contributed by atoms with Gasteiger partial charge in [0.15, 0.2) is 0 Å². The molecule has 0 unspecified atom stereocenters. The van der Waals surface area contributed by atoms with Gasteiger partial charge in [-0.05, 0) is 19.3 Å². The van der Waals surface area contributed by atoms with Crippen molar-refractivity contribution in [1.29, 1.82) is 0 Å². The predicted molar refractivity (Wildman–Crippen MR) is 61.3 cm³/mol. The lowest BCUT2D eigenvalue weighted by Crippen LogP contribution is -2.40. The third-order valence-electron chi connectivity index (χ3n) is 2.76. The highest BCUT2D eigenvalue weighted by molar-refractivity contribution is 7.90. The number of nitrogens with zero attached hydrogens (tertiary/aromatic N) is 1. The molecule has 0 aliphatic carbocycles. The molecule has 7 heteroatoms. The molecule has 0 saturated carbocycles. The second-order valence-electron chi connectivity index (χ2n) is 4.32. The lowest BCUT2D eigenvalue weighted by atomic mass is 10.2. The summed E-state index contributed by atoms with van der Waals surface area (Å²) in [6.45, 7) is 0.453. The molecule has 1 fully saturated rings. The van der Waals surface area contributed by atoms with E-state index in [1.165, 1.54) is 4.90 Å². The summed E-state index contributed by atoms with van der Waals surface area (Å²) in [6.07, 6.45) is 2.63. The number of sulfone groups is 1. The van der Waals surface area contributed by atoms with Crippen molar-refractivity contribution in [2.24, 2.45) is 0 Å². The highest BCUT2D eigenvalue weighted by Gasteiger charge is 2.33. The summed E-state index contributed by atoms with van der Waals surface area (Å²) in [5.41, 5.74) is 0. The summed E-state index contributed by atoms with van der Waals surface area (Å²) in [4.78, 5) is 23.9. The Morgan fingerprint density at radius 3 is 2.59 bits per heavy atom. The van der Waals surface area contributed by atoms with E-state index < -0.39 is 21.8 Å². The summed E-state index contributed by atoms with van der Waals surface area (Å²) in [5.74, 6) is -1.29. The zero-order valence-corrected chi connectivity index (χ0v) is 10.6. The van der Waals surface area contributed by atoms with E-state index in [1.807, 2.05) is 0 Å². The topological polar surface area (TPSA) is 91.8 Å². The smallest absolute Gasteiger partial charge is 0.326 e. The van der Waals surface area contributed by atoms with E-state index in [0.29, 0.717) is 19.4 Å². The van der Waals surface area contributed by atoms with Crippen LogP contribution in [0.25, 0.3) is 0 Å². The Balaban J connectivity index is 2.45. The van der Waals surface area contributed by atoms with Crippen molar-refractivity contribution in [3.63, 3.8) is 0 Å². The van der Waals surface area contributed by atoms with Crippen LogP contribution in [-0.2, 0) is 19.4 Å². The van der Waals surface area contributed by atoms with E-state index in [2.05, 4.69) is 0 Å². The van der Waals surface area contributed by atoms with Gasteiger partial charge in [0.2, 0.25) is 5.91 Å². The third kappa shape index (κ3) is 4.33. The zero-order chi connectivity index (χ0) is 13.1. The minimum Gasteiger partial charge on any atom is -0.480 e. The number of carboxylic acid groups (broad SMARTS) is 1. The van der Waals surface area contributed by atoms with Crippen LogP contribution >= 0.6 is 0 Å². The van der Waals surface area contributed by atoms with Crippen molar-refractivity contribution >= 4 is 21.7 Å². The number of hydrogen-bond donors (Lipinski definition) is 1. The highest BCUT2D eigenvalue weighted by atomic mass is 32.2. The monoisotopic (exact) mass is 263 g/mol. The summed E-state index contributed by atoms with van der Waals surface area (Å²) >= 11 is 0. The summed E-state index contributed by atoms with van der Waals surface area (Å²) in [6, 6.07) is -0.735. The molecule has 1 atom stereocenters. The van der Waals surface area contributed by atoms with Crippen LogP contribution in [0.1, 0.15) is 25.7 Å². The largest absolute Gasteiger partial charge is 0.480 e. The normalized spacial score (nSPS) is 20.5. The van der Waals surface area contributed by atoms with Gasteiger partial charge in [0.05, 0.1) is 5.75 Å². The number of hydrogen-bond acceptors (Lipinski definition) is 4. The second kappa shape index (κ2) is 5.48. The first-order valence-corrected chi connectivity index (χ1v) is 7.57.